The Morgan fingerprint density at radius 3 is 2.79 bits per heavy atom. The fourth-order valence-electron chi connectivity index (χ4n) is 2.43. The lowest BCUT2D eigenvalue weighted by Crippen LogP contribution is -2.46. The zero-order valence-corrected chi connectivity index (χ0v) is 13.6. The Labute approximate surface area is 122 Å². The molecule has 0 radical (unpaired) electrons. The zero-order valence-electron chi connectivity index (χ0n) is 12.8. The number of hydrogen-bond donors (Lipinski definition) is 2. The molecule has 1 fully saturated rings. The standard InChI is InChI=1S/C15H31NO2S/c1-4-9-16-15(3,12-17)8-5-6-11-19-14-7-10-18-13(14)2/h13-14,16-17H,4-12H2,1-3H3. The van der Waals surface area contributed by atoms with E-state index in [1.54, 1.807) is 0 Å². The van der Waals surface area contributed by atoms with Crippen molar-refractivity contribution < 1.29 is 9.84 Å². The second-order valence-electron chi connectivity index (χ2n) is 5.88. The van der Waals surface area contributed by atoms with E-state index in [0.717, 1.165) is 26.0 Å². The molecule has 0 aromatic carbocycles. The molecule has 1 saturated heterocycles. The molecule has 1 aliphatic heterocycles. The Morgan fingerprint density at radius 2 is 2.21 bits per heavy atom. The highest BCUT2D eigenvalue weighted by molar-refractivity contribution is 7.99. The van der Waals surface area contributed by atoms with Gasteiger partial charge in [-0.1, -0.05) is 13.3 Å². The summed E-state index contributed by atoms with van der Waals surface area (Å²) in [5.41, 5.74) is -0.0928. The quantitative estimate of drug-likeness (QED) is 0.607. The molecule has 1 heterocycles. The molecule has 0 bridgehead atoms. The van der Waals surface area contributed by atoms with Gasteiger partial charge in [0, 0.05) is 17.4 Å². The van der Waals surface area contributed by atoms with Crippen molar-refractivity contribution in [1.82, 2.24) is 5.32 Å². The van der Waals surface area contributed by atoms with E-state index in [9.17, 15) is 5.11 Å². The third-order valence-electron chi connectivity index (χ3n) is 3.91. The average Bonchev–Trinajstić information content (AvgIpc) is 2.82. The number of ether oxygens (including phenoxy) is 1. The molecular weight excluding hydrogens is 258 g/mol. The molecule has 1 rings (SSSR count). The lowest BCUT2D eigenvalue weighted by atomic mass is 9.96. The van der Waals surface area contributed by atoms with Gasteiger partial charge in [-0.3, -0.25) is 0 Å². The summed E-state index contributed by atoms with van der Waals surface area (Å²) in [6, 6.07) is 0. The van der Waals surface area contributed by atoms with Crippen LogP contribution in [0, 0.1) is 0 Å². The van der Waals surface area contributed by atoms with Crippen LogP contribution in [0.2, 0.25) is 0 Å². The fourth-order valence-corrected chi connectivity index (χ4v) is 3.72. The third-order valence-corrected chi connectivity index (χ3v) is 5.48. The van der Waals surface area contributed by atoms with E-state index in [1.165, 1.54) is 25.0 Å². The number of thioether (sulfide) groups is 1. The van der Waals surface area contributed by atoms with Crippen LogP contribution in [-0.2, 0) is 4.74 Å². The predicted molar refractivity (Wildman–Crippen MR) is 83.9 cm³/mol. The first kappa shape index (κ1) is 17.3. The molecule has 19 heavy (non-hydrogen) atoms. The molecule has 0 spiro atoms. The number of unbranched alkanes of at least 4 members (excludes halogenated alkanes) is 1. The number of aliphatic hydroxyl groups excluding tert-OH is 1. The summed E-state index contributed by atoms with van der Waals surface area (Å²) in [4.78, 5) is 0. The normalized spacial score (nSPS) is 26.5. The van der Waals surface area contributed by atoms with Crippen molar-refractivity contribution in [2.24, 2.45) is 0 Å². The number of aliphatic hydroxyl groups is 1. The van der Waals surface area contributed by atoms with Gasteiger partial charge in [0.25, 0.3) is 0 Å². The van der Waals surface area contributed by atoms with Crippen LogP contribution in [0.15, 0.2) is 0 Å². The summed E-state index contributed by atoms with van der Waals surface area (Å²) in [6.45, 7) is 8.62. The van der Waals surface area contributed by atoms with E-state index in [-0.39, 0.29) is 12.1 Å². The lowest BCUT2D eigenvalue weighted by molar-refractivity contribution is 0.127. The van der Waals surface area contributed by atoms with Gasteiger partial charge in [-0.05, 0) is 51.8 Å². The molecule has 4 heteroatoms. The van der Waals surface area contributed by atoms with Gasteiger partial charge in [0.15, 0.2) is 0 Å². The molecule has 0 aromatic rings. The Kier molecular flexibility index (Phi) is 8.38. The van der Waals surface area contributed by atoms with Gasteiger partial charge < -0.3 is 15.2 Å². The van der Waals surface area contributed by atoms with E-state index in [2.05, 4.69) is 37.8 Å². The topological polar surface area (TPSA) is 41.5 Å². The molecule has 114 valence electrons. The Balaban J connectivity index is 2.08. The smallest absolute Gasteiger partial charge is 0.0666 e. The molecule has 0 amide bonds. The molecule has 3 nitrogen and oxygen atoms in total. The SMILES string of the molecule is CCCNC(C)(CO)CCCCSC1CCOC1C. The first-order valence-electron chi connectivity index (χ1n) is 7.70. The summed E-state index contributed by atoms with van der Waals surface area (Å²) >= 11 is 2.06. The third kappa shape index (κ3) is 6.48. The maximum atomic E-state index is 9.49. The minimum atomic E-state index is -0.0928. The van der Waals surface area contributed by atoms with E-state index in [4.69, 9.17) is 4.74 Å². The maximum absolute atomic E-state index is 9.49. The van der Waals surface area contributed by atoms with Gasteiger partial charge in [-0.25, -0.2) is 0 Å². The van der Waals surface area contributed by atoms with Crippen LogP contribution < -0.4 is 5.32 Å². The minimum Gasteiger partial charge on any atom is -0.394 e. The van der Waals surface area contributed by atoms with Gasteiger partial charge in [-0.2, -0.15) is 11.8 Å². The van der Waals surface area contributed by atoms with Crippen LogP contribution in [-0.4, -0.2) is 47.5 Å². The van der Waals surface area contributed by atoms with Crippen molar-refractivity contribution in [3.8, 4) is 0 Å². The Morgan fingerprint density at radius 1 is 1.42 bits per heavy atom. The summed E-state index contributed by atoms with van der Waals surface area (Å²) in [7, 11) is 0. The summed E-state index contributed by atoms with van der Waals surface area (Å²) in [5, 5.41) is 13.6. The van der Waals surface area contributed by atoms with Crippen molar-refractivity contribution in [2.45, 2.75) is 69.8 Å². The molecule has 0 saturated carbocycles. The molecule has 3 atom stereocenters. The summed E-state index contributed by atoms with van der Waals surface area (Å²) < 4.78 is 5.57. The second-order valence-corrected chi connectivity index (χ2v) is 7.22. The van der Waals surface area contributed by atoms with Crippen LogP contribution in [0.5, 0.6) is 0 Å². The maximum Gasteiger partial charge on any atom is 0.0666 e. The van der Waals surface area contributed by atoms with Gasteiger partial charge >= 0.3 is 0 Å². The van der Waals surface area contributed by atoms with Gasteiger partial charge in [0.05, 0.1) is 12.7 Å². The van der Waals surface area contributed by atoms with E-state index in [0.29, 0.717) is 11.4 Å². The Bertz CT molecular complexity index is 240. The van der Waals surface area contributed by atoms with Crippen LogP contribution in [0.25, 0.3) is 0 Å². The van der Waals surface area contributed by atoms with Crippen molar-refractivity contribution >= 4 is 11.8 Å². The van der Waals surface area contributed by atoms with E-state index < -0.39 is 0 Å². The lowest BCUT2D eigenvalue weighted by Gasteiger charge is -2.29. The zero-order chi connectivity index (χ0) is 14.1. The average molecular weight is 289 g/mol. The molecule has 2 N–H and O–H groups in total. The fraction of sp³-hybridized carbons (Fsp3) is 1.00. The first-order chi connectivity index (χ1) is 9.11. The number of nitrogens with one attached hydrogen (secondary N) is 1. The molecule has 0 aromatic heterocycles. The highest BCUT2D eigenvalue weighted by Crippen LogP contribution is 2.27. The summed E-state index contributed by atoms with van der Waals surface area (Å²) in [6.07, 6.45) is 6.23. The van der Waals surface area contributed by atoms with Crippen molar-refractivity contribution in [1.29, 1.82) is 0 Å². The molecule has 0 aliphatic carbocycles. The largest absolute Gasteiger partial charge is 0.394 e. The number of rotatable bonds is 10. The van der Waals surface area contributed by atoms with E-state index in [1.807, 2.05) is 0 Å². The minimum absolute atomic E-state index is 0.0928. The monoisotopic (exact) mass is 289 g/mol. The van der Waals surface area contributed by atoms with Crippen molar-refractivity contribution in [3.63, 3.8) is 0 Å². The summed E-state index contributed by atoms with van der Waals surface area (Å²) in [5.74, 6) is 1.22. The highest BCUT2D eigenvalue weighted by atomic mass is 32.2. The number of hydrogen-bond acceptors (Lipinski definition) is 4. The van der Waals surface area contributed by atoms with Gasteiger partial charge in [0.1, 0.15) is 0 Å². The first-order valence-corrected chi connectivity index (χ1v) is 8.75. The van der Waals surface area contributed by atoms with Crippen molar-refractivity contribution in [2.75, 3.05) is 25.5 Å². The van der Waals surface area contributed by atoms with Crippen LogP contribution in [0.4, 0.5) is 0 Å². The van der Waals surface area contributed by atoms with Gasteiger partial charge in [0.2, 0.25) is 0 Å². The molecular formula is C15H31NO2S. The molecule has 1 aliphatic rings. The molecule has 3 unspecified atom stereocenters. The predicted octanol–water partition coefficient (Wildman–Crippen LogP) is 2.82. The highest BCUT2D eigenvalue weighted by Gasteiger charge is 2.24. The Hall–Kier alpha value is 0.230. The van der Waals surface area contributed by atoms with Crippen LogP contribution in [0.1, 0.15) is 52.9 Å². The van der Waals surface area contributed by atoms with Crippen LogP contribution >= 0.6 is 11.8 Å². The van der Waals surface area contributed by atoms with E-state index >= 15 is 0 Å². The second kappa shape index (κ2) is 9.22. The van der Waals surface area contributed by atoms with Crippen LogP contribution in [0.3, 0.4) is 0 Å². The van der Waals surface area contributed by atoms with Crippen molar-refractivity contribution in [3.05, 3.63) is 0 Å². The van der Waals surface area contributed by atoms with Gasteiger partial charge in [-0.15, -0.1) is 0 Å².